The van der Waals surface area contributed by atoms with E-state index < -0.39 is 16.1 Å². The minimum absolute atomic E-state index is 0.172. The van der Waals surface area contributed by atoms with Crippen LogP contribution in [0.15, 0.2) is 82.6 Å². The molecule has 3 atom stereocenters. The van der Waals surface area contributed by atoms with Crippen molar-refractivity contribution >= 4 is 15.7 Å². The lowest BCUT2D eigenvalue weighted by molar-refractivity contribution is 0.0212. The molecule has 10 nitrogen and oxygen atoms in total. The standard InChI is InChI=1S/C29H29N5O5S/c35-28(20-2-1-3-23(12-20)33-17-26-27(18-33)38-10-8-30-26)25-13-21-15-34(16-22(21)14-32-25)40(36,37)24-6-4-19(5-7-24)29-31-9-11-39-29/h1-7,9,11-14,26-28,30,35H,8,10,15-18H2. The molecule has 0 radical (unpaired) electrons. The number of fused-ring (bicyclic) bond motifs is 2. The number of hydrogen-bond acceptors (Lipinski definition) is 9. The van der Waals surface area contributed by atoms with E-state index in [9.17, 15) is 13.5 Å². The summed E-state index contributed by atoms with van der Waals surface area (Å²) < 4.78 is 39.4. The number of morpholine rings is 1. The van der Waals surface area contributed by atoms with E-state index in [1.54, 1.807) is 36.7 Å². The third-order valence-electron chi connectivity index (χ3n) is 7.91. The summed E-state index contributed by atoms with van der Waals surface area (Å²) >= 11 is 0. The summed E-state index contributed by atoms with van der Waals surface area (Å²) in [5.74, 6) is 0.435. The number of nitrogens with zero attached hydrogens (tertiary/aromatic N) is 4. The highest BCUT2D eigenvalue weighted by Crippen LogP contribution is 2.33. The van der Waals surface area contributed by atoms with Gasteiger partial charge in [0, 0.05) is 50.2 Å². The molecule has 2 aromatic heterocycles. The van der Waals surface area contributed by atoms with E-state index in [0.29, 0.717) is 23.2 Å². The molecule has 4 aromatic rings. The lowest BCUT2D eigenvalue weighted by atomic mass is 10.0. The fourth-order valence-corrected chi connectivity index (χ4v) is 7.14. The number of aliphatic hydroxyl groups excluding tert-OH is 1. The van der Waals surface area contributed by atoms with Crippen molar-refractivity contribution in [1.29, 1.82) is 0 Å². The molecule has 0 saturated carbocycles. The molecule has 0 amide bonds. The number of sulfonamides is 1. The van der Waals surface area contributed by atoms with E-state index >= 15 is 0 Å². The number of hydrogen-bond donors (Lipinski definition) is 2. The van der Waals surface area contributed by atoms with Crippen LogP contribution in [0.4, 0.5) is 5.69 Å². The van der Waals surface area contributed by atoms with Crippen molar-refractivity contribution in [2.45, 2.75) is 36.2 Å². The first-order valence-corrected chi connectivity index (χ1v) is 14.8. The zero-order valence-electron chi connectivity index (χ0n) is 21.7. The summed E-state index contributed by atoms with van der Waals surface area (Å²) in [6, 6.07) is 16.5. The molecule has 40 heavy (non-hydrogen) atoms. The Morgan fingerprint density at radius 3 is 2.67 bits per heavy atom. The lowest BCUT2D eigenvalue weighted by Crippen LogP contribution is -2.47. The molecule has 3 unspecified atom stereocenters. The number of ether oxygens (including phenoxy) is 1. The first-order valence-electron chi connectivity index (χ1n) is 13.3. The second kappa shape index (κ2) is 10.1. The number of anilines is 1. The van der Waals surface area contributed by atoms with Crippen molar-refractivity contribution in [1.82, 2.24) is 19.6 Å². The zero-order valence-corrected chi connectivity index (χ0v) is 22.5. The first-order chi connectivity index (χ1) is 19.5. The third kappa shape index (κ3) is 4.59. The van der Waals surface area contributed by atoms with Crippen LogP contribution >= 0.6 is 0 Å². The molecular formula is C29H29N5O5S. The largest absolute Gasteiger partial charge is 0.445 e. The monoisotopic (exact) mass is 559 g/mol. The molecule has 2 saturated heterocycles. The molecule has 0 bridgehead atoms. The van der Waals surface area contributed by atoms with Crippen LogP contribution in [0.3, 0.4) is 0 Å². The second-order valence-electron chi connectivity index (χ2n) is 10.4. The van der Waals surface area contributed by atoms with Gasteiger partial charge in [0.25, 0.3) is 0 Å². The van der Waals surface area contributed by atoms with Gasteiger partial charge < -0.3 is 24.5 Å². The Morgan fingerprint density at radius 2 is 1.88 bits per heavy atom. The Labute approximate surface area is 232 Å². The van der Waals surface area contributed by atoms with Gasteiger partial charge in [-0.3, -0.25) is 4.98 Å². The van der Waals surface area contributed by atoms with Crippen molar-refractivity contribution in [3.8, 4) is 11.5 Å². The highest BCUT2D eigenvalue weighted by Gasteiger charge is 2.36. The number of oxazole rings is 1. The van der Waals surface area contributed by atoms with E-state index in [0.717, 1.165) is 48.6 Å². The highest BCUT2D eigenvalue weighted by atomic mass is 32.2. The van der Waals surface area contributed by atoms with Crippen LogP contribution in [-0.2, 0) is 27.8 Å². The summed E-state index contributed by atoms with van der Waals surface area (Å²) in [5, 5.41) is 14.8. The Hall–Kier alpha value is -3.61. The predicted octanol–water partition coefficient (Wildman–Crippen LogP) is 2.70. The Balaban J connectivity index is 1.07. The van der Waals surface area contributed by atoms with Gasteiger partial charge in [-0.1, -0.05) is 12.1 Å². The molecule has 7 rings (SSSR count). The minimum atomic E-state index is -3.73. The molecule has 2 fully saturated rings. The van der Waals surface area contributed by atoms with Crippen LogP contribution in [0.25, 0.3) is 11.5 Å². The topological polar surface area (TPSA) is 121 Å². The van der Waals surface area contributed by atoms with Crippen LogP contribution in [0.1, 0.15) is 28.5 Å². The van der Waals surface area contributed by atoms with E-state index in [4.69, 9.17) is 9.15 Å². The second-order valence-corrected chi connectivity index (χ2v) is 12.3. The van der Waals surface area contributed by atoms with Crippen molar-refractivity contribution in [3.05, 3.63) is 95.6 Å². The molecule has 206 valence electrons. The number of nitrogens with one attached hydrogen (secondary N) is 1. The maximum Gasteiger partial charge on any atom is 0.243 e. The number of rotatable bonds is 6. The molecule has 2 aromatic carbocycles. The number of aromatic nitrogens is 2. The van der Waals surface area contributed by atoms with Crippen LogP contribution in [-0.4, -0.2) is 66.2 Å². The van der Waals surface area contributed by atoms with E-state index in [2.05, 4.69) is 20.2 Å². The summed E-state index contributed by atoms with van der Waals surface area (Å²) in [7, 11) is -3.73. The van der Waals surface area contributed by atoms with Crippen LogP contribution in [0.5, 0.6) is 0 Å². The molecule has 11 heteroatoms. The van der Waals surface area contributed by atoms with Gasteiger partial charge in [0.05, 0.1) is 35.5 Å². The smallest absolute Gasteiger partial charge is 0.243 e. The Kier molecular flexibility index (Phi) is 6.40. The molecule has 2 N–H and O–H groups in total. The van der Waals surface area contributed by atoms with Crippen molar-refractivity contribution < 1.29 is 22.7 Å². The first kappa shape index (κ1) is 25.4. The third-order valence-corrected chi connectivity index (χ3v) is 9.71. The fourth-order valence-electron chi connectivity index (χ4n) is 5.74. The predicted molar refractivity (Wildman–Crippen MR) is 147 cm³/mol. The van der Waals surface area contributed by atoms with Gasteiger partial charge in [-0.05, 0) is 59.2 Å². The average Bonchev–Trinajstić information content (AvgIpc) is 3.76. The number of aliphatic hydroxyl groups is 1. The summed E-state index contributed by atoms with van der Waals surface area (Å²) in [4.78, 5) is 11.1. The molecule has 3 aliphatic heterocycles. The van der Waals surface area contributed by atoms with Gasteiger partial charge in [-0.2, -0.15) is 4.31 Å². The van der Waals surface area contributed by atoms with Gasteiger partial charge >= 0.3 is 0 Å². The molecule has 0 spiro atoms. The number of pyridine rings is 1. The highest BCUT2D eigenvalue weighted by molar-refractivity contribution is 7.89. The summed E-state index contributed by atoms with van der Waals surface area (Å²) in [6.45, 7) is 3.70. The van der Waals surface area contributed by atoms with E-state index in [1.807, 2.05) is 30.3 Å². The molecular weight excluding hydrogens is 530 g/mol. The van der Waals surface area contributed by atoms with Crippen LogP contribution in [0.2, 0.25) is 0 Å². The minimum Gasteiger partial charge on any atom is -0.445 e. The van der Waals surface area contributed by atoms with Crippen molar-refractivity contribution in [2.24, 2.45) is 0 Å². The normalized spacial score (nSPS) is 21.8. The van der Waals surface area contributed by atoms with Crippen LogP contribution in [0, 0.1) is 0 Å². The average molecular weight is 560 g/mol. The van der Waals surface area contributed by atoms with Crippen molar-refractivity contribution in [3.63, 3.8) is 0 Å². The van der Waals surface area contributed by atoms with Gasteiger partial charge in [0.15, 0.2) is 0 Å². The maximum atomic E-state index is 13.4. The quantitative estimate of drug-likeness (QED) is 0.367. The van der Waals surface area contributed by atoms with Crippen LogP contribution < -0.4 is 10.2 Å². The van der Waals surface area contributed by atoms with Gasteiger partial charge in [-0.25, -0.2) is 13.4 Å². The van der Waals surface area contributed by atoms with Gasteiger partial charge in [0.1, 0.15) is 12.4 Å². The SMILES string of the molecule is O=S(=O)(c1ccc(-c2ncco2)cc1)N1Cc2cnc(C(O)c3cccc(N4CC5NCCOC5C4)c3)cc2C1. The van der Waals surface area contributed by atoms with Crippen molar-refractivity contribution in [2.75, 3.05) is 31.1 Å². The molecule has 5 heterocycles. The van der Waals surface area contributed by atoms with Gasteiger partial charge in [-0.15, -0.1) is 0 Å². The van der Waals surface area contributed by atoms with E-state index in [1.165, 1.54) is 10.6 Å². The van der Waals surface area contributed by atoms with Gasteiger partial charge in [0.2, 0.25) is 15.9 Å². The summed E-state index contributed by atoms with van der Waals surface area (Å²) in [6.07, 6.45) is 3.93. The Morgan fingerprint density at radius 1 is 1.02 bits per heavy atom. The maximum absolute atomic E-state index is 13.4. The number of benzene rings is 2. The zero-order chi connectivity index (χ0) is 27.3. The van der Waals surface area contributed by atoms with E-state index in [-0.39, 0.29) is 24.1 Å². The molecule has 3 aliphatic rings. The fraction of sp³-hybridized carbons (Fsp3) is 0.310. The summed E-state index contributed by atoms with van der Waals surface area (Å²) in [5.41, 5.74) is 4.63. The lowest BCUT2D eigenvalue weighted by Gasteiger charge is -2.25. The molecule has 0 aliphatic carbocycles. The Bertz CT molecular complexity index is 1610.